The zero-order chi connectivity index (χ0) is 22.9. The van der Waals surface area contributed by atoms with Gasteiger partial charge in [0.1, 0.15) is 5.75 Å². The van der Waals surface area contributed by atoms with E-state index in [-0.39, 0.29) is 24.9 Å². The van der Waals surface area contributed by atoms with E-state index in [0.29, 0.717) is 45.6 Å². The van der Waals surface area contributed by atoms with E-state index < -0.39 is 12.4 Å². The SMILES string of the molecule is CN(C)CCN(C(=O)Nc1ccc2c(c1)OCO2)c1nc2ccc(OC(F)(F)F)cc2s1.Cl. The Bertz CT molecular complexity index is 1140. The number of urea groups is 1. The van der Waals surface area contributed by atoms with Crippen molar-refractivity contribution in [1.82, 2.24) is 9.88 Å². The molecule has 13 heteroatoms. The molecule has 178 valence electrons. The van der Waals surface area contributed by atoms with Crippen molar-refractivity contribution in [2.45, 2.75) is 6.36 Å². The monoisotopic (exact) mass is 504 g/mol. The van der Waals surface area contributed by atoms with E-state index in [1.807, 2.05) is 19.0 Å². The zero-order valence-corrected chi connectivity index (χ0v) is 19.1. The van der Waals surface area contributed by atoms with Gasteiger partial charge >= 0.3 is 12.4 Å². The van der Waals surface area contributed by atoms with Gasteiger partial charge in [0.2, 0.25) is 6.79 Å². The number of amides is 2. The van der Waals surface area contributed by atoms with Crippen LogP contribution in [0, 0.1) is 0 Å². The quantitative estimate of drug-likeness (QED) is 0.512. The van der Waals surface area contributed by atoms with Crippen LogP contribution in [0.5, 0.6) is 17.2 Å². The van der Waals surface area contributed by atoms with Gasteiger partial charge in [0.15, 0.2) is 16.6 Å². The number of nitrogens with zero attached hydrogens (tertiary/aromatic N) is 3. The third-order valence-corrected chi connectivity index (χ3v) is 5.49. The van der Waals surface area contributed by atoms with Crippen LogP contribution in [-0.2, 0) is 0 Å². The normalized spacial score (nSPS) is 12.5. The number of ether oxygens (including phenoxy) is 3. The number of hydrogen-bond donors (Lipinski definition) is 1. The van der Waals surface area contributed by atoms with Gasteiger partial charge in [-0.05, 0) is 38.4 Å². The summed E-state index contributed by atoms with van der Waals surface area (Å²) < 4.78 is 52.6. The lowest BCUT2D eigenvalue weighted by Crippen LogP contribution is -2.39. The van der Waals surface area contributed by atoms with Crippen molar-refractivity contribution in [2.75, 3.05) is 44.2 Å². The molecule has 4 rings (SSSR count). The number of fused-ring (bicyclic) bond motifs is 2. The number of nitrogens with one attached hydrogen (secondary N) is 1. The van der Waals surface area contributed by atoms with Gasteiger partial charge in [-0.25, -0.2) is 9.78 Å². The van der Waals surface area contributed by atoms with E-state index in [4.69, 9.17) is 9.47 Å². The Kier molecular flexibility index (Phi) is 7.40. The van der Waals surface area contributed by atoms with Gasteiger partial charge in [-0.3, -0.25) is 4.90 Å². The molecule has 8 nitrogen and oxygen atoms in total. The second kappa shape index (κ2) is 9.89. The molecule has 0 spiro atoms. The molecule has 0 aliphatic carbocycles. The lowest BCUT2D eigenvalue weighted by molar-refractivity contribution is -0.274. The molecule has 2 amide bonds. The molecule has 1 aliphatic rings. The Morgan fingerprint density at radius 1 is 1.15 bits per heavy atom. The predicted molar refractivity (Wildman–Crippen MR) is 121 cm³/mol. The summed E-state index contributed by atoms with van der Waals surface area (Å²) in [6.07, 6.45) is -4.79. The molecule has 0 atom stereocenters. The molecule has 1 aliphatic heterocycles. The van der Waals surface area contributed by atoms with Gasteiger partial charge in [-0.2, -0.15) is 0 Å². The number of thiazole rings is 1. The summed E-state index contributed by atoms with van der Waals surface area (Å²) in [6, 6.07) is 8.48. The Balaban J connectivity index is 0.00000306. The number of hydrogen-bond acceptors (Lipinski definition) is 7. The average Bonchev–Trinajstić information content (AvgIpc) is 3.32. The number of benzene rings is 2. The molecule has 0 unspecified atom stereocenters. The molecule has 0 radical (unpaired) electrons. The number of rotatable bonds is 6. The number of carbonyl (C=O) groups excluding carboxylic acids is 1. The summed E-state index contributed by atoms with van der Waals surface area (Å²) in [5.41, 5.74) is 0.973. The number of likely N-dealkylation sites (N-methyl/N-ethyl adjacent to an activating group) is 1. The predicted octanol–water partition coefficient (Wildman–Crippen LogP) is 4.95. The molecular weight excluding hydrogens is 485 g/mol. The van der Waals surface area contributed by atoms with Crippen molar-refractivity contribution < 1.29 is 32.2 Å². The number of anilines is 2. The lowest BCUT2D eigenvalue weighted by atomic mass is 10.3. The molecule has 0 fully saturated rings. The van der Waals surface area contributed by atoms with Gasteiger partial charge in [0.25, 0.3) is 0 Å². The fourth-order valence-corrected chi connectivity index (χ4v) is 3.97. The van der Waals surface area contributed by atoms with Gasteiger partial charge in [0, 0.05) is 30.9 Å². The minimum atomic E-state index is -4.79. The highest BCUT2D eigenvalue weighted by molar-refractivity contribution is 7.22. The first kappa shape index (κ1) is 24.7. The first-order valence-corrected chi connectivity index (χ1v) is 10.3. The van der Waals surface area contributed by atoms with Crippen LogP contribution in [0.15, 0.2) is 36.4 Å². The molecule has 1 N–H and O–H groups in total. The molecule has 0 saturated heterocycles. The van der Waals surface area contributed by atoms with Gasteiger partial charge in [-0.15, -0.1) is 25.6 Å². The van der Waals surface area contributed by atoms with Gasteiger partial charge < -0.3 is 24.4 Å². The average molecular weight is 505 g/mol. The minimum absolute atomic E-state index is 0. The number of aromatic nitrogens is 1. The summed E-state index contributed by atoms with van der Waals surface area (Å²) >= 11 is 1.10. The lowest BCUT2D eigenvalue weighted by Gasteiger charge is -2.22. The van der Waals surface area contributed by atoms with Crippen molar-refractivity contribution in [3.05, 3.63) is 36.4 Å². The molecule has 0 saturated carbocycles. The van der Waals surface area contributed by atoms with Crippen molar-refractivity contribution in [2.24, 2.45) is 0 Å². The maximum absolute atomic E-state index is 13.1. The number of halogens is 4. The molecule has 0 bridgehead atoms. The van der Waals surface area contributed by atoms with Crippen LogP contribution >= 0.6 is 23.7 Å². The summed E-state index contributed by atoms with van der Waals surface area (Å²) in [6.45, 7) is 0.982. The van der Waals surface area contributed by atoms with E-state index in [9.17, 15) is 18.0 Å². The molecular formula is C20H20ClF3N4O4S. The second-order valence-corrected chi connectivity index (χ2v) is 8.14. The maximum atomic E-state index is 13.1. The molecule has 2 aromatic carbocycles. The first-order chi connectivity index (χ1) is 15.2. The van der Waals surface area contributed by atoms with Gasteiger partial charge in [0.05, 0.1) is 10.2 Å². The Morgan fingerprint density at radius 2 is 1.91 bits per heavy atom. The van der Waals surface area contributed by atoms with Crippen LogP contribution in [0.1, 0.15) is 0 Å². The van der Waals surface area contributed by atoms with Gasteiger partial charge in [-0.1, -0.05) is 11.3 Å². The number of carbonyl (C=O) groups is 1. The van der Waals surface area contributed by atoms with Crippen LogP contribution in [-0.4, -0.2) is 56.3 Å². The highest BCUT2D eigenvalue weighted by Crippen LogP contribution is 2.36. The van der Waals surface area contributed by atoms with Crippen LogP contribution in [0.4, 0.5) is 28.8 Å². The maximum Gasteiger partial charge on any atom is 0.573 e. The smallest absolute Gasteiger partial charge is 0.454 e. The van der Waals surface area contributed by atoms with Crippen LogP contribution < -0.4 is 24.4 Å². The van der Waals surface area contributed by atoms with Crippen molar-refractivity contribution >= 4 is 50.8 Å². The topological polar surface area (TPSA) is 76.2 Å². The summed E-state index contributed by atoms with van der Waals surface area (Å²) in [5, 5.41) is 3.16. The van der Waals surface area contributed by atoms with E-state index in [1.54, 1.807) is 18.2 Å². The van der Waals surface area contributed by atoms with Crippen molar-refractivity contribution in [3.63, 3.8) is 0 Å². The molecule has 3 aromatic rings. The van der Waals surface area contributed by atoms with E-state index in [2.05, 4.69) is 15.0 Å². The highest BCUT2D eigenvalue weighted by Gasteiger charge is 2.31. The van der Waals surface area contributed by atoms with Crippen molar-refractivity contribution in [1.29, 1.82) is 0 Å². The highest BCUT2D eigenvalue weighted by atomic mass is 35.5. The minimum Gasteiger partial charge on any atom is -0.454 e. The largest absolute Gasteiger partial charge is 0.573 e. The van der Waals surface area contributed by atoms with E-state index >= 15 is 0 Å². The fraction of sp³-hybridized carbons (Fsp3) is 0.300. The standard InChI is InChI=1S/C20H19F3N4O4S.ClH/c1-26(2)7-8-27(18(28)24-12-3-6-15-16(9-12)30-11-29-15)19-25-14-5-4-13(10-17(14)32-19)31-20(21,22)23;/h3-6,9-10H,7-8,11H2,1-2H3,(H,24,28);1H. The third-order valence-electron chi connectivity index (χ3n) is 4.45. The fourth-order valence-electron chi connectivity index (χ4n) is 2.95. The first-order valence-electron chi connectivity index (χ1n) is 9.47. The Morgan fingerprint density at radius 3 is 2.64 bits per heavy atom. The summed E-state index contributed by atoms with van der Waals surface area (Å²) in [4.78, 5) is 20.9. The van der Waals surface area contributed by atoms with Crippen LogP contribution in [0.25, 0.3) is 10.2 Å². The second-order valence-electron chi connectivity index (χ2n) is 7.13. The molecule has 2 heterocycles. The Labute approximate surface area is 197 Å². The van der Waals surface area contributed by atoms with Crippen molar-refractivity contribution in [3.8, 4) is 17.2 Å². The summed E-state index contributed by atoms with van der Waals surface area (Å²) in [5.74, 6) is 0.778. The van der Waals surface area contributed by atoms with E-state index in [0.717, 1.165) is 11.3 Å². The van der Waals surface area contributed by atoms with E-state index in [1.165, 1.54) is 23.1 Å². The Hall–Kier alpha value is -2.96. The number of alkyl halides is 3. The van der Waals surface area contributed by atoms with Crippen LogP contribution in [0.3, 0.4) is 0 Å². The molecule has 1 aromatic heterocycles. The molecule has 33 heavy (non-hydrogen) atoms. The summed E-state index contributed by atoms with van der Waals surface area (Å²) in [7, 11) is 3.74. The third kappa shape index (κ3) is 6.09. The van der Waals surface area contributed by atoms with Crippen LogP contribution in [0.2, 0.25) is 0 Å². The zero-order valence-electron chi connectivity index (χ0n) is 17.5.